The van der Waals surface area contributed by atoms with Crippen molar-refractivity contribution in [1.29, 1.82) is 0 Å². The minimum absolute atomic E-state index is 0.192. The fourth-order valence-electron chi connectivity index (χ4n) is 2.07. The quantitative estimate of drug-likeness (QED) is 0.781. The van der Waals surface area contributed by atoms with Crippen molar-refractivity contribution in [2.45, 2.75) is 0 Å². The summed E-state index contributed by atoms with van der Waals surface area (Å²) < 4.78 is 6.71. The second-order valence-electron chi connectivity index (χ2n) is 4.13. The third kappa shape index (κ3) is 2.00. The molecular formula is C14H11ClN2O2. The molecule has 0 atom stereocenters. The monoisotopic (exact) mass is 274 g/mol. The summed E-state index contributed by atoms with van der Waals surface area (Å²) in [5, 5.41) is 0.593. The lowest BCUT2D eigenvalue weighted by Gasteiger charge is -2.05. The van der Waals surface area contributed by atoms with Gasteiger partial charge in [0, 0.05) is 5.02 Å². The molecule has 5 heteroatoms. The van der Waals surface area contributed by atoms with Crippen molar-refractivity contribution in [3.63, 3.8) is 0 Å². The van der Waals surface area contributed by atoms with Crippen molar-refractivity contribution in [2.24, 2.45) is 0 Å². The highest BCUT2D eigenvalue weighted by Crippen LogP contribution is 2.20. The van der Waals surface area contributed by atoms with Gasteiger partial charge in [-0.1, -0.05) is 11.6 Å². The second kappa shape index (κ2) is 4.48. The maximum Gasteiger partial charge on any atom is 0.331 e. The molecule has 0 saturated carbocycles. The molecule has 0 spiro atoms. The Morgan fingerprint density at radius 2 is 1.89 bits per heavy atom. The van der Waals surface area contributed by atoms with E-state index in [1.807, 2.05) is 30.3 Å². The number of H-pyrrole nitrogens is 1. The number of methoxy groups -OCH3 is 1. The Hall–Kier alpha value is -2.20. The van der Waals surface area contributed by atoms with Crippen LogP contribution in [0, 0.1) is 0 Å². The van der Waals surface area contributed by atoms with E-state index in [-0.39, 0.29) is 5.69 Å². The summed E-state index contributed by atoms with van der Waals surface area (Å²) in [6.45, 7) is 0. The number of aromatic nitrogens is 2. The van der Waals surface area contributed by atoms with E-state index >= 15 is 0 Å². The zero-order valence-corrected chi connectivity index (χ0v) is 10.9. The van der Waals surface area contributed by atoms with Crippen molar-refractivity contribution in [2.75, 3.05) is 7.11 Å². The Kier molecular flexibility index (Phi) is 2.80. The van der Waals surface area contributed by atoms with Gasteiger partial charge in [0.25, 0.3) is 0 Å². The molecule has 0 saturated heterocycles. The summed E-state index contributed by atoms with van der Waals surface area (Å²) in [7, 11) is 1.61. The lowest BCUT2D eigenvalue weighted by molar-refractivity contribution is 0.414. The molecule has 0 aliphatic rings. The largest absolute Gasteiger partial charge is 0.497 e. The lowest BCUT2D eigenvalue weighted by atomic mass is 10.2. The van der Waals surface area contributed by atoms with Crippen LogP contribution in [0.1, 0.15) is 0 Å². The van der Waals surface area contributed by atoms with E-state index in [2.05, 4.69) is 4.98 Å². The predicted octanol–water partition coefficient (Wildman–Crippen LogP) is 2.98. The number of rotatable bonds is 2. The molecule has 96 valence electrons. The number of halogens is 1. The van der Waals surface area contributed by atoms with E-state index in [1.54, 1.807) is 23.8 Å². The maximum absolute atomic E-state index is 12.0. The van der Waals surface area contributed by atoms with Crippen LogP contribution >= 0.6 is 11.6 Å². The van der Waals surface area contributed by atoms with Gasteiger partial charge in [-0.15, -0.1) is 0 Å². The fraction of sp³-hybridized carbons (Fsp3) is 0.0714. The van der Waals surface area contributed by atoms with E-state index in [1.165, 1.54) is 0 Å². The highest BCUT2D eigenvalue weighted by atomic mass is 35.5. The molecule has 0 radical (unpaired) electrons. The summed E-state index contributed by atoms with van der Waals surface area (Å²) in [6.07, 6.45) is 0. The summed E-state index contributed by atoms with van der Waals surface area (Å²) in [5.41, 5.74) is 2.09. The topological polar surface area (TPSA) is 47.0 Å². The predicted molar refractivity (Wildman–Crippen MR) is 75.5 cm³/mol. The number of nitrogens with zero attached hydrogens (tertiary/aromatic N) is 1. The highest BCUT2D eigenvalue weighted by molar-refractivity contribution is 6.31. The van der Waals surface area contributed by atoms with Crippen molar-refractivity contribution in [3.8, 4) is 11.4 Å². The average molecular weight is 275 g/mol. The van der Waals surface area contributed by atoms with Gasteiger partial charge in [-0.2, -0.15) is 0 Å². The van der Waals surface area contributed by atoms with Crippen LogP contribution in [0.5, 0.6) is 5.75 Å². The van der Waals surface area contributed by atoms with Crippen LogP contribution in [0.4, 0.5) is 0 Å². The Morgan fingerprint density at radius 1 is 1.16 bits per heavy atom. The smallest absolute Gasteiger partial charge is 0.331 e. The molecule has 0 unspecified atom stereocenters. The van der Waals surface area contributed by atoms with Gasteiger partial charge >= 0.3 is 5.69 Å². The third-order valence-corrected chi connectivity index (χ3v) is 3.21. The van der Waals surface area contributed by atoms with E-state index in [0.29, 0.717) is 10.5 Å². The Balaban J connectivity index is 2.23. The molecule has 0 amide bonds. The number of fused-ring (bicyclic) bond motifs is 1. The lowest BCUT2D eigenvalue weighted by Crippen LogP contribution is -2.14. The average Bonchev–Trinajstić information content (AvgIpc) is 2.74. The molecule has 3 aromatic rings. The summed E-state index contributed by atoms with van der Waals surface area (Å²) >= 11 is 5.92. The van der Waals surface area contributed by atoms with E-state index in [0.717, 1.165) is 17.0 Å². The molecule has 1 aromatic heterocycles. The first-order valence-corrected chi connectivity index (χ1v) is 6.11. The van der Waals surface area contributed by atoms with Gasteiger partial charge in [-0.05, 0) is 42.5 Å². The number of nitrogens with one attached hydrogen (secondary N) is 1. The SMILES string of the molecule is COc1ccc(-n2c(=O)[nH]c3cc(Cl)ccc32)cc1. The van der Waals surface area contributed by atoms with Crippen LogP contribution < -0.4 is 10.4 Å². The van der Waals surface area contributed by atoms with Crippen LogP contribution in [0.3, 0.4) is 0 Å². The molecule has 0 aliphatic carbocycles. The van der Waals surface area contributed by atoms with Gasteiger partial charge in [0.05, 0.1) is 23.8 Å². The Morgan fingerprint density at radius 3 is 2.58 bits per heavy atom. The fourth-order valence-corrected chi connectivity index (χ4v) is 2.24. The van der Waals surface area contributed by atoms with Gasteiger partial charge in [0.15, 0.2) is 0 Å². The summed E-state index contributed by atoms with van der Waals surface area (Å²) in [6, 6.07) is 12.6. The molecule has 0 fully saturated rings. The van der Waals surface area contributed by atoms with E-state index in [9.17, 15) is 4.79 Å². The molecule has 1 N–H and O–H groups in total. The Labute approximate surface area is 114 Å². The van der Waals surface area contributed by atoms with Crippen molar-refractivity contribution >= 4 is 22.6 Å². The van der Waals surface area contributed by atoms with Crippen LogP contribution in [-0.2, 0) is 0 Å². The van der Waals surface area contributed by atoms with Gasteiger partial charge in [-0.25, -0.2) is 4.79 Å². The van der Waals surface area contributed by atoms with Crippen molar-refractivity contribution < 1.29 is 4.74 Å². The first-order valence-electron chi connectivity index (χ1n) is 5.74. The normalized spacial score (nSPS) is 10.8. The molecule has 2 aromatic carbocycles. The van der Waals surface area contributed by atoms with Crippen LogP contribution in [-0.4, -0.2) is 16.7 Å². The number of imidazole rings is 1. The van der Waals surface area contributed by atoms with Gasteiger partial charge in [0.1, 0.15) is 5.75 Å². The highest BCUT2D eigenvalue weighted by Gasteiger charge is 2.08. The summed E-state index contributed by atoms with van der Waals surface area (Å²) in [4.78, 5) is 14.8. The van der Waals surface area contributed by atoms with Crippen molar-refractivity contribution in [1.82, 2.24) is 9.55 Å². The molecular weight excluding hydrogens is 264 g/mol. The Bertz CT molecular complexity index is 787. The minimum Gasteiger partial charge on any atom is -0.497 e. The number of hydrogen-bond acceptors (Lipinski definition) is 2. The number of ether oxygens (including phenoxy) is 1. The van der Waals surface area contributed by atoms with E-state index < -0.39 is 0 Å². The van der Waals surface area contributed by atoms with Gasteiger partial charge < -0.3 is 9.72 Å². The molecule has 1 heterocycles. The molecule has 0 aliphatic heterocycles. The van der Waals surface area contributed by atoms with Crippen LogP contribution in [0.15, 0.2) is 47.3 Å². The number of aromatic amines is 1. The molecule has 19 heavy (non-hydrogen) atoms. The standard InChI is InChI=1S/C14H11ClN2O2/c1-19-11-5-3-10(4-6-11)17-13-7-2-9(15)8-12(13)16-14(17)18/h2-8H,1H3,(H,16,18). The number of hydrogen-bond donors (Lipinski definition) is 1. The number of benzene rings is 2. The molecule has 0 bridgehead atoms. The zero-order chi connectivity index (χ0) is 13.4. The van der Waals surface area contributed by atoms with Crippen molar-refractivity contribution in [3.05, 3.63) is 58.0 Å². The van der Waals surface area contributed by atoms with Gasteiger partial charge in [-0.3, -0.25) is 4.57 Å². The first kappa shape index (κ1) is 11.9. The maximum atomic E-state index is 12.0. The molecule has 3 rings (SSSR count). The summed E-state index contributed by atoms with van der Waals surface area (Å²) in [5.74, 6) is 0.750. The molecule has 4 nitrogen and oxygen atoms in total. The van der Waals surface area contributed by atoms with Crippen LogP contribution in [0.25, 0.3) is 16.7 Å². The second-order valence-corrected chi connectivity index (χ2v) is 4.56. The van der Waals surface area contributed by atoms with Gasteiger partial charge in [0.2, 0.25) is 0 Å². The third-order valence-electron chi connectivity index (χ3n) is 2.97. The first-order chi connectivity index (χ1) is 9.19. The minimum atomic E-state index is -0.192. The zero-order valence-electron chi connectivity index (χ0n) is 10.2. The van der Waals surface area contributed by atoms with Crippen LogP contribution in [0.2, 0.25) is 5.02 Å². The van der Waals surface area contributed by atoms with E-state index in [4.69, 9.17) is 16.3 Å².